The molecule has 0 atom stereocenters. The standard InChI is InChI=1S/C16H15ClN2O3S2/c1-19(2)24(20,21)12-7-8-15-14(9-12)18-16(22-15)23-10-11-5-3-4-6-13(11)17/h3-9H,10H2,1-2H3. The molecule has 0 aliphatic carbocycles. The van der Waals surface area contributed by atoms with Gasteiger partial charge >= 0.3 is 0 Å². The molecular weight excluding hydrogens is 368 g/mol. The molecule has 126 valence electrons. The third-order valence-corrected chi connectivity index (χ3v) is 6.48. The normalized spacial score (nSPS) is 12.2. The molecule has 1 aromatic heterocycles. The number of nitrogens with zero attached hydrogens (tertiary/aromatic N) is 2. The van der Waals surface area contributed by atoms with Gasteiger partial charge in [-0.2, -0.15) is 0 Å². The maximum absolute atomic E-state index is 12.2. The highest BCUT2D eigenvalue weighted by Crippen LogP contribution is 2.29. The molecule has 0 unspecified atom stereocenters. The van der Waals surface area contributed by atoms with Crippen LogP contribution in [0.15, 0.2) is 57.0 Å². The highest BCUT2D eigenvalue weighted by atomic mass is 35.5. The highest BCUT2D eigenvalue weighted by Gasteiger charge is 2.19. The van der Waals surface area contributed by atoms with Gasteiger partial charge in [-0.05, 0) is 29.8 Å². The Bertz CT molecular complexity index is 984. The van der Waals surface area contributed by atoms with Gasteiger partial charge in [0.2, 0.25) is 10.0 Å². The number of thioether (sulfide) groups is 1. The quantitative estimate of drug-likeness (QED) is 0.623. The van der Waals surface area contributed by atoms with Crippen LogP contribution in [0, 0.1) is 0 Å². The molecule has 8 heteroatoms. The molecule has 0 spiro atoms. The SMILES string of the molecule is CN(C)S(=O)(=O)c1ccc2oc(SCc3ccccc3Cl)nc2c1. The zero-order valence-electron chi connectivity index (χ0n) is 13.1. The smallest absolute Gasteiger partial charge is 0.257 e. The summed E-state index contributed by atoms with van der Waals surface area (Å²) < 4.78 is 31.2. The van der Waals surface area contributed by atoms with Gasteiger partial charge in [0.15, 0.2) is 5.58 Å². The largest absolute Gasteiger partial charge is 0.431 e. The first kappa shape index (κ1) is 17.3. The van der Waals surface area contributed by atoms with Crippen molar-refractivity contribution in [1.29, 1.82) is 0 Å². The van der Waals surface area contributed by atoms with Crippen LogP contribution < -0.4 is 0 Å². The molecule has 0 N–H and O–H groups in total. The molecule has 0 bridgehead atoms. The van der Waals surface area contributed by atoms with Crippen molar-refractivity contribution in [1.82, 2.24) is 9.29 Å². The molecule has 0 saturated heterocycles. The molecule has 0 aliphatic heterocycles. The minimum atomic E-state index is -3.49. The Morgan fingerprint density at radius 1 is 1.21 bits per heavy atom. The number of sulfonamides is 1. The fourth-order valence-electron chi connectivity index (χ4n) is 2.07. The lowest BCUT2D eigenvalue weighted by Crippen LogP contribution is -2.22. The highest BCUT2D eigenvalue weighted by molar-refractivity contribution is 7.98. The third kappa shape index (κ3) is 3.44. The van der Waals surface area contributed by atoms with Crippen molar-refractivity contribution < 1.29 is 12.8 Å². The first-order valence-electron chi connectivity index (χ1n) is 7.07. The van der Waals surface area contributed by atoms with Gasteiger partial charge in [0.1, 0.15) is 5.52 Å². The summed E-state index contributed by atoms with van der Waals surface area (Å²) in [7, 11) is -0.506. The predicted octanol–water partition coefficient (Wildman–Crippen LogP) is 4.02. The number of aromatic nitrogens is 1. The molecule has 0 radical (unpaired) electrons. The van der Waals surface area contributed by atoms with Crippen LogP contribution in [-0.2, 0) is 15.8 Å². The van der Waals surface area contributed by atoms with E-state index in [-0.39, 0.29) is 4.90 Å². The van der Waals surface area contributed by atoms with Crippen molar-refractivity contribution in [2.45, 2.75) is 15.9 Å². The van der Waals surface area contributed by atoms with Crippen LogP contribution in [0.3, 0.4) is 0 Å². The van der Waals surface area contributed by atoms with Crippen molar-refractivity contribution >= 4 is 44.5 Å². The van der Waals surface area contributed by atoms with E-state index in [1.807, 2.05) is 24.3 Å². The summed E-state index contributed by atoms with van der Waals surface area (Å²) in [5, 5.41) is 1.17. The molecule has 3 aromatic rings. The van der Waals surface area contributed by atoms with E-state index in [9.17, 15) is 8.42 Å². The Kier molecular flexibility index (Phi) is 4.87. The number of halogens is 1. The summed E-state index contributed by atoms with van der Waals surface area (Å²) in [5.74, 6) is 0.620. The lowest BCUT2D eigenvalue weighted by molar-refractivity contribution is 0.489. The van der Waals surface area contributed by atoms with Crippen LogP contribution in [0.2, 0.25) is 5.02 Å². The summed E-state index contributed by atoms with van der Waals surface area (Å²) >= 11 is 7.55. The maximum atomic E-state index is 12.2. The number of hydrogen-bond acceptors (Lipinski definition) is 5. The Hall–Kier alpha value is -1.54. The van der Waals surface area contributed by atoms with E-state index in [0.29, 0.717) is 27.1 Å². The number of hydrogen-bond donors (Lipinski definition) is 0. The summed E-state index contributed by atoms with van der Waals surface area (Å²) in [4.78, 5) is 4.55. The third-order valence-electron chi connectivity index (χ3n) is 3.43. The Morgan fingerprint density at radius 2 is 1.96 bits per heavy atom. The van der Waals surface area contributed by atoms with E-state index in [0.717, 1.165) is 5.56 Å². The first-order valence-corrected chi connectivity index (χ1v) is 9.87. The summed E-state index contributed by atoms with van der Waals surface area (Å²) in [5.41, 5.74) is 2.05. The maximum Gasteiger partial charge on any atom is 0.257 e. The summed E-state index contributed by atoms with van der Waals surface area (Å²) in [6.07, 6.45) is 0. The van der Waals surface area contributed by atoms with E-state index < -0.39 is 10.0 Å². The topological polar surface area (TPSA) is 63.4 Å². The van der Waals surface area contributed by atoms with Crippen molar-refractivity contribution in [3.8, 4) is 0 Å². The van der Waals surface area contributed by atoms with Crippen molar-refractivity contribution in [3.05, 3.63) is 53.1 Å². The number of benzene rings is 2. The molecule has 0 aliphatic rings. The number of rotatable bonds is 5. The zero-order chi connectivity index (χ0) is 17.3. The van der Waals surface area contributed by atoms with Gasteiger partial charge in [0.25, 0.3) is 5.22 Å². The molecule has 0 saturated carbocycles. The summed E-state index contributed by atoms with van der Waals surface area (Å²) in [6.45, 7) is 0. The van der Waals surface area contributed by atoms with Crippen LogP contribution >= 0.6 is 23.4 Å². The minimum absolute atomic E-state index is 0.191. The van der Waals surface area contributed by atoms with Crippen LogP contribution in [-0.4, -0.2) is 31.8 Å². The van der Waals surface area contributed by atoms with Gasteiger partial charge < -0.3 is 4.42 Å². The van der Waals surface area contributed by atoms with Crippen molar-refractivity contribution in [2.24, 2.45) is 0 Å². The molecule has 0 amide bonds. The lowest BCUT2D eigenvalue weighted by atomic mass is 10.2. The number of fused-ring (bicyclic) bond motifs is 1. The van der Waals surface area contributed by atoms with Gasteiger partial charge in [-0.1, -0.05) is 41.6 Å². The molecular formula is C16H15ClN2O3S2. The van der Waals surface area contributed by atoms with E-state index in [4.69, 9.17) is 16.0 Å². The van der Waals surface area contributed by atoms with Gasteiger partial charge in [-0.25, -0.2) is 17.7 Å². The van der Waals surface area contributed by atoms with Crippen molar-refractivity contribution in [2.75, 3.05) is 14.1 Å². The van der Waals surface area contributed by atoms with Gasteiger partial charge in [-0.15, -0.1) is 0 Å². The van der Waals surface area contributed by atoms with E-state index >= 15 is 0 Å². The fraction of sp³-hybridized carbons (Fsp3) is 0.188. The van der Waals surface area contributed by atoms with Crippen LogP contribution in [0.25, 0.3) is 11.1 Å². The lowest BCUT2D eigenvalue weighted by Gasteiger charge is -2.10. The van der Waals surface area contributed by atoms with Crippen LogP contribution in [0.5, 0.6) is 0 Å². The second kappa shape index (κ2) is 6.76. The fourth-order valence-corrected chi connectivity index (χ4v) is 4.12. The molecule has 1 heterocycles. The Balaban J connectivity index is 1.85. The Morgan fingerprint density at radius 3 is 2.67 bits per heavy atom. The molecule has 5 nitrogen and oxygen atoms in total. The van der Waals surface area contributed by atoms with Crippen molar-refractivity contribution in [3.63, 3.8) is 0 Å². The molecule has 2 aromatic carbocycles. The monoisotopic (exact) mass is 382 g/mol. The zero-order valence-corrected chi connectivity index (χ0v) is 15.5. The average molecular weight is 383 g/mol. The van der Waals surface area contributed by atoms with Gasteiger partial charge in [-0.3, -0.25) is 0 Å². The minimum Gasteiger partial charge on any atom is -0.431 e. The number of oxazole rings is 1. The van der Waals surface area contributed by atoms with E-state index in [1.165, 1.54) is 42.3 Å². The van der Waals surface area contributed by atoms with Gasteiger partial charge in [0, 0.05) is 24.9 Å². The predicted molar refractivity (Wildman–Crippen MR) is 95.9 cm³/mol. The Labute approximate surface area is 149 Å². The second-order valence-corrected chi connectivity index (χ2v) is 8.76. The van der Waals surface area contributed by atoms with Crippen LogP contribution in [0.4, 0.5) is 0 Å². The van der Waals surface area contributed by atoms with E-state index in [2.05, 4.69) is 4.98 Å². The first-order chi connectivity index (χ1) is 11.4. The summed E-state index contributed by atoms with van der Waals surface area (Å²) in [6, 6.07) is 12.2. The molecule has 3 rings (SSSR count). The van der Waals surface area contributed by atoms with Crippen LogP contribution in [0.1, 0.15) is 5.56 Å². The molecule has 24 heavy (non-hydrogen) atoms. The molecule has 0 fully saturated rings. The average Bonchev–Trinajstić information content (AvgIpc) is 2.95. The second-order valence-electron chi connectivity index (χ2n) is 5.28. The van der Waals surface area contributed by atoms with E-state index in [1.54, 1.807) is 6.07 Å². The van der Waals surface area contributed by atoms with Gasteiger partial charge in [0.05, 0.1) is 4.90 Å².